The first-order valence-electron chi connectivity index (χ1n) is 7.83. The van der Waals surface area contributed by atoms with Crippen molar-refractivity contribution in [3.05, 3.63) is 39.9 Å². The molecule has 0 saturated carbocycles. The second-order valence-corrected chi connectivity index (χ2v) is 5.51. The minimum Gasteiger partial charge on any atom is -0.465 e. The zero-order valence-corrected chi connectivity index (χ0v) is 13.2. The summed E-state index contributed by atoms with van der Waals surface area (Å²) in [5.74, 6) is -0.189. The third-order valence-electron chi connectivity index (χ3n) is 3.88. The molecule has 1 heterocycles. The lowest BCUT2D eigenvalue weighted by molar-refractivity contribution is -0.384. The number of ether oxygens (including phenoxy) is 2. The van der Waals surface area contributed by atoms with Crippen molar-refractivity contribution in [1.82, 2.24) is 5.32 Å². The van der Waals surface area contributed by atoms with Gasteiger partial charge in [-0.2, -0.15) is 0 Å². The van der Waals surface area contributed by atoms with Gasteiger partial charge in [0, 0.05) is 31.2 Å². The van der Waals surface area contributed by atoms with Crippen molar-refractivity contribution in [2.75, 3.05) is 19.8 Å². The Bertz CT molecular complexity index is 526. The number of hydrogen-bond donors (Lipinski definition) is 1. The fourth-order valence-corrected chi connectivity index (χ4v) is 2.67. The van der Waals surface area contributed by atoms with Crippen molar-refractivity contribution in [3.63, 3.8) is 0 Å². The Kier molecular flexibility index (Phi) is 6.49. The smallest absolute Gasteiger partial charge is 0.323 e. The monoisotopic (exact) mass is 322 g/mol. The van der Waals surface area contributed by atoms with Crippen LogP contribution in [0.1, 0.15) is 25.3 Å². The van der Waals surface area contributed by atoms with E-state index in [1.54, 1.807) is 19.1 Å². The second-order valence-electron chi connectivity index (χ2n) is 5.51. The number of esters is 1. The average molecular weight is 322 g/mol. The third kappa shape index (κ3) is 5.01. The molecule has 0 aromatic heterocycles. The van der Waals surface area contributed by atoms with Gasteiger partial charge in [0.25, 0.3) is 5.69 Å². The summed E-state index contributed by atoms with van der Waals surface area (Å²) in [4.78, 5) is 22.4. The van der Waals surface area contributed by atoms with Crippen LogP contribution >= 0.6 is 0 Å². The fourth-order valence-electron chi connectivity index (χ4n) is 2.67. The number of carbonyl (C=O) groups excluding carboxylic acids is 1. The predicted octanol–water partition coefficient (Wildman–Crippen LogP) is 2.04. The van der Waals surface area contributed by atoms with Crippen LogP contribution in [0.25, 0.3) is 0 Å². The van der Waals surface area contributed by atoms with Gasteiger partial charge in [0.2, 0.25) is 0 Å². The topological polar surface area (TPSA) is 90.7 Å². The summed E-state index contributed by atoms with van der Waals surface area (Å²) < 4.78 is 10.6. The molecule has 1 fully saturated rings. The molecule has 1 aromatic carbocycles. The summed E-state index contributed by atoms with van der Waals surface area (Å²) >= 11 is 0. The summed E-state index contributed by atoms with van der Waals surface area (Å²) in [6, 6.07) is 5.86. The lowest BCUT2D eigenvalue weighted by Gasteiger charge is -2.29. The molecule has 7 heteroatoms. The quantitative estimate of drug-likeness (QED) is 0.469. The first kappa shape index (κ1) is 17.4. The number of nitro benzene ring substituents is 1. The van der Waals surface area contributed by atoms with Gasteiger partial charge in [-0.1, -0.05) is 12.1 Å². The number of rotatable bonds is 7. The SMILES string of the molecule is CCOC(=O)C(NCc1ccc([N+](=O)[O-])cc1)C1CCCOC1. The van der Waals surface area contributed by atoms with Gasteiger partial charge < -0.3 is 9.47 Å². The lowest BCUT2D eigenvalue weighted by Crippen LogP contribution is -2.46. The van der Waals surface area contributed by atoms with Gasteiger partial charge in [-0.15, -0.1) is 0 Å². The van der Waals surface area contributed by atoms with Crippen LogP contribution in [-0.4, -0.2) is 36.8 Å². The van der Waals surface area contributed by atoms with Crippen LogP contribution in [0, 0.1) is 16.0 Å². The highest BCUT2D eigenvalue weighted by atomic mass is 16.6. The molecule has 0 amide bonds. The van der Waals surface area contributed by atoms with E-state index in [2.05, 4.69) is 5.32 Å². The Labute approximate surface area is 135 Å². The fraction of sp³-hybridized carbons (Fsp3) is 0.562. The maximum absolute atomic E-state index is 12.2. The number of hydrogen-bond acceptors (Lipinski definition) is 6. The molecule has 0 radical (unpaired) electrons. The molecule has 2 rings (SSSR count). The average Bonchev–Trinajstić information content (AvgIpc) is 2.57. The van der Waals surface area contributed by atoms with Crippen molar-refractivity contribution >= 4 is 11.7 Å². The van der Waals surface area contributed by atoms with Crippen LogP contribution in [0.15, 0.2) is 24.3 Å². The molecule has 1 aliphatic heterocycles. The molecule has 0 aliphatic carbocycles. The molecule has 2 unspecified atom stereocenters. The van der Waals surface area contributed by atoms with Crippen LogP contribution in [0.2, 0.25) is 0 Å². The summed E-state index contributed by atoms with van der Waals surface area (Å²) in [7, 11) is 0. The highest BCUT2D eigenvalue weighted by Gasteiger charge is 2.30. The van der Waals surface area contributed by atoms with Gasteiger partial charge in [-0.3, -0.25) is 20.2 Å². The van der Waals surface area contributed by atoms with Gasteiger partial charge >= 0.3 is 5.97 Å². The van der Waals surface area contributed by atoms with Crippen LogP contribution in [-0.2, 0) is 20.8 Å². The van der Waals surface area contributed by atoms with Crippen LogP contribution < -0.4 is 5.32 Å². The molecular weight excluding hydrogens is 300 g/mol. The molecule has 1 aliphatic rings. The molecule has 23 heavy (non-hydrogen) atoms. The number of non-ortho nitro benzene ring substituents is 1. The molecule has 126 valence electrons. The number of benzene rings is 1. The van der Waals surface area contributed by atoms with Crippen molar-refractivity contribution in [2.45, 2.75) is 32.4 Å². The van der Waals surface area contributed by atoms with E-state index in [4.69, 9.17) is 9.47 Å². The zero-order chi connectivity index (χ0) is 16.7. The number of nitro groups is 1. The summed E-state index contributed by atoms with van der Waals surface area (Å²) in [5.41, 5.74) is 0.929. The molecule has 7 nitrogen and oxygen atoms in total. The Hall–Kier alpha value is -1.99. The van der Waals surface area contributed by atoms with Crippen molar-refractivity contribution in [2.24, 2.45) is 5.92 Å². The Morgan fingerprint density at radius 1 is 1.48 bits per heavy atom. The Morgan fingerprint density at radius 3 is 2.78 bits per heavy atom. The van der Waals surface area contributed by atoms with E-state index in [1.165, 1.54) is 12.1 Å². The number of nitrogens with one attached hydrogen (secondary N) is 1. The van der Waals surface area contributed by atoms with Crippen LogP contribution in [0.3, 0.4) is 0 Å². The minimum atomic E-state index is -0.433. The van der Waals surface area contributed by atoms with E-state index < -0.39 is 11.0 Å². The van der Waals surface area contributed by atoms with Crippen LogP contribution in [0.5, 0.6) is 0 Å². The molecule has 1 N–H and O–H groups in total. The van der Waals surface area contributed by atoms with Crippen molar-refractivity contribution < 1.29 is 19.2 Å². The van der Waals surface area contributed by atoms with E-state index in [0.717, 1.165) is 25.0 Å². The zero-order valence-electron chi connectivity index (χ0n) is 13.2. The molecular formula is C16H22N2O5. The van der Waals surface area contributed by atoms with Crippen molar-refractivity contribution in [1.29, 1.82) is 0 Å². The van der Waals surface area contributed by atoms with Gasteiger partial charge in [-0.25, -0.2) is 0 Å². The van der Waals surface area contributed by atoms with E-state index >= 15 is 0 Å². The van der Waals surface area contributed by atoms with Crippen molar-refractivity contribution in [3.8, 4) is 0 Å². The Morgan fingerprint density at radius 2 is 2.22 bits per heavy atom. The highest BCUT2D eigenvalue weighted by Crippen LogP contribution is 2.19. The number of carbonyl (C=O) groups is 1. The molecule has 0 spiro atoms. The second kappa shape index (κ2) is 8.59. The normalized spacial score (nSPS) is 19.1. The standard InChI is InChI=1S/C16H22N2O5/c1-2-23-16(19)15(13-4-3-9-22-11-13)17-10-12-5-7-14(8-6-12)18(20)21/h5-8,13,15,17H,2-4,9-11H2,1H3. The van der Waals surface area contributed by atoms with Gasteiger partial charge in [0.1, 0.15) is 6.04 Å². The lowest BCUT2D eigenvalue weighted by atomic mass is 9.93. The van der Waals surface area contributed by atoms with E-state index in [1.807, 2.05) is 0 Å². The maximum atomic E-state index is 12.2. The summed E-state index contributed by atoms with van der Waals surface area (Å²) in [6.45, 7) is 3.83. The summed E-state index contributed by atoms with van der Waals surface area (Å²) in [6.07, 6.45) is 1.84. The molecule has 1 saturated heterocycles. The molecule has 1 aromatic rings. The molecule has 2 atom stereocenters. The highest BCUT2D eigenvalue weighted by molar-refractivity contribution is 5.76. The number of nitrogens with zero attached hydrogens (tertiary/aromatic N) is 1. The van der Waals surface area contributed by atoms with Gasteiger partial charge in [0.15, 0.2) is 0 Å². The van der Waals surface area contributed by atoms with Gasteiger partial charge in [0.05, 0.1) is 18.1 Å². The largest absolute Gasteiger partial charge is 0.465 e. The minimum absolute atomic E-state index is 0.0522. The Balaban J connectivity index is 1.98. The first-order valence-corrected chi connectivity index (χ1v) is 7.83. The van der Waals surface area contributed by atoms with Gasteiger partial charge in [-0.05, 0) is 25.3 Å². The maximum Gasteiger partial charge on any atom is 0.323 e. The van der Waals surface area contributed by atoms with E-state index in [0.29, 0.717) is 19.8 Å². The van der Waals surface area contributed by atoms with Crippen LogP contribution in [0.4, 0.5) is 5.69 Å². The van der Waals surface area contributed by atoms with E-state index in [9.17, 15) is 14.9 Å². The summed E-state index contributed by atoms with van der Waals surface area (Å²) in [5, 5.41) is 13.9. The molecule has 0 bridgehead atoms. The van der Waals surface area contributed by atoms with E-state index in [-0.39, 0.29) is 17.6 Å². The first-order chi connectivity index (χ1) is 11.1. The third-order valence-corrected chi connectivity index (χ3v) is 3.88. The predicted molar refractivity (Wildman–Crippen MR) is 83.9 cm³/mol.